The normalized spacial score (nSPS) is 10.7. The molecule has 2 heterocycles. The number of aryl methyl sites for hydroxylation is 1. The third kappa shape index (κ3) is 2.43. The van der Waals surface area contributed by atoms with Crippen molar-refractivity contribution < 1.29 is 0 Å². The number of anilines is 1. The van der Waals surface area contributed by atoms with Gasteiger partial charge in [-0.3, -0.25) is 0 Å². The SMILES string of the molecule is Cc1ccsc1-c1nc(N)c(I)c(-c2ccccc2)n1. The summed E-state index contributed by atoms with van der Waals surface area (Å²) in [6.07, 6.45) is 0. The Morgan fingerprint density at radius 2 is 1.85 bits per heavy atom. The molecule has 0 spiro atoms. The largest absolute Gasteiger partial charge is 0.383 e. The fourth-order valence-corrected chi connectivity index (χ4v) is 3.37. The van der Waals surface area contributed by atoms with Gasteiger partial charge in [-0.2, -0.15) is 0 Å². The molecule has 0 amide bonds. The van der Waals surface area contributed by atoms with Crippen molar-refractivity contribution in [2.24, 2.45) is 0 Å². The summed E-state index contributed by atoms with van der Waals surface area (Å²) in [5.74, 6) is 1.23. The second-order valence-corrected chi connectivity index (χ2v) is 6.39. The molecule has 0 bridgehead atoms. The molecule has 0 aliphatic heterocycles. The Kier molecular flexibility index (Phi) is 3.71. The van der Waals surface area contributed by atoms with E-state index in [2.05, 4.69) is 40.6 Å². The molecule has 3 rings (SSSR count). The van der Waals surface area contributed by atoms with Gasteiger partial charge in [0.15, 0.2) is 5.82 Å². The first-order valence-corrected chi connectivity index (χ1v) is 8.05. The van der Waals surface area contributed by atoms with Gasteiger partial charge in [0.05, 0.1) is 14.1 Å². The Morgan fingerprint density at radius 3 is 2.50 bits per heavy atom. The summed E-state index contributed by atoms with van der Waals surface area (Å²) in [6.45, 7) is 2.06. The number of benzene rings is 1. The van der Waals surface area contributed by atoms with Gasteiger partial charge in [0, 0.05) is 5.56 Å². The molecule has 0 unspecified atom stereocenters. The quantitative estimate of drug-likeness (QED) is 0.658. The summed E-state index contributed by atoms with van der Waals surface area (Å²) >= 11 is 3.84. The van der Waals surface area contributed by atoms with Crippen LogP contribution in [0.5, 0.6) is 0 Å². The standard InChI is InChI=1S/C15H12IN3S/c1-9-7-8-20-13(9)15-18-12(11(16)14(17)19-15)10-5-3-2-4-6-10/h2-8H,1H3,(H2,17,18,19). The highest BCUT2D eigenvalue weighted by atomic mass is 127. The molecule has 3 nitrogen and oxygen atoms in total. The van der Waals surface area contributed by atoms with Crippen LogP contribution in [0.25, 0.3) is 22.0 Å². The van der Waals surface area contributed by atoms with Gasteiger partial charge in [-0.25, -0.2) is 9.97 Å². The van der Waals surface area contributed by atoms with Crippen LogP contribution in [-0.2, 0) is 0 Å². The van der Waals surface area contributed by atoms with Crippen LogP contribution in [0.4, 0.5) is 5.82 Å². The lowest BCUT2D eigenvalue weighted by Crippen LogP contribution is -2.02. The zero-order valence-corrected chi connectivity index (χ0v) is 13.8. The number of nitrogen functional groups attached to an aromatic ring is 1. The van der Waals surface area contributed by atoms with Crippen LogP contribution in [0.15, 0.2) is 41.8 Å². The number of hydrogen-bond donors (Lipinski definition) is 1. The molecule has 0 aliphatic carbocycles. The summed E-state index contributed by atoms with van der Waals surface area (Å²) in [7, 11) is 0. The fourth-order valence-electron chi connectivity index (χ4n) is 1.96. The lowest BCUT2D eigenvalue weighted by molar-refractivity contribution is 1.18. The van der Waals surface area contributed by atoms with Crippen LogP contribution in [-0.4, -0.2) is 9.97 Å². The molecule has 5 heteroatoms. The smallest absolute Gasteiger partial charge is 0.172 e. The van der Waals surface area contributed by atoms with Crippen LogP contribution in [0.1, 0.15) is 5.56 Å². The van der Waals surface area contributed by atoms with Gasteiger partial charge in [-0.05, 0) is 46.5 Å². The number of thiophene rings is 1. The van der Waals surface area contributed by atoms with Crippen molar-refractivity contribution in [2.75, 3.05) is 5.73 Å². The molecule has 0 saturated carbocycles. The lowest BCUT2D eigenvalue weighted by atomic mass is 10.1. The maximum absolute atomic E-state index is 6.06. The van der Waals surface area contributed by atoms with Crippen LogP contribution in [0.3, 0.4) is 0 Å². The van der Waals surface area contributed by atoms with E-state index in [1.165, 1.54) is 5.56 Å². The average Bonchev–Trinajstić information content (AvgIpc) is 2.89. The molecule has 100 valence electrons. The van der Waals surface area contributed by atoms with Crippen LogP contribution in [0.2, 0.25) is 0 Å². The number of nitrogens with zero attached hydrogens (tertiary/aromatic N) is 2. The molecule has 0 fully saturated rings. The number of hydrogen-bond acceptors (Lipinski definition) is 4. The molecular weight excluding hydrogens is 381 g/mol. The van der Waals surface area contributed by atoms with E-state index in [1.54, 1.807) is 11.3 Å². The number of halogens is 1. The van der Waals surface area contributed by atoms with Crippen molar-refractivity contribution in [3.8, 4) is 22.0 Å². The van der Waals surface area contributed by atoms with Gasteiger partial charge < -0.3 is 5.73 Å². The Hall–Kier alpha value is -1.47. The average molecular weight is 393 g/mol. The van der Waals surface area contributed by atoms with Crippen LogP contribution in [0, 0.1) is 10.5 Å². The third-order valence-electron chi connectivity index (χ3n) is 2.99. The molecule has 0 atom stereocenters. The zero-order valence-electron chi connectivity index (χ0n) is 10.8. The predicted molar refractivity (Wildman–Crippen MR) is 92.6 cm³/mol. The van der Waals surface area contributed by atoms with E-state index in [9.17, 15) is 0 Å². The van der Waals surface area contributed by atoms with Crippen LogP contribution >= 0.6 is 33.9 Å². The van der Waals surface area contributed by atoms with Gasteiger partial charge in [0.2, 0.25) is 0 Å². The second-order valence-electron chi connectivity index (χ2n) is 4.39. The first kappa shape index (κ1) is 13.5. The third-order valence-corrected chi connectivity index (χ3v) is 5.07. The van der Waals surface area contributed by atoms with E-state index < -0.39 is 0 Å². The summed E-state index contributed by atoms with van der Waals surface area (Å²) in [5, 5.41) is 2.05. The van der Waals surface area contributed by atoms with Crippen molar-refractivity contribution in [3.63, 3.8) is 0 Å². The van der Waals surface area contributed by atoms with Gasteiger partial charge >= 0.3 is 0 Å². The topological polar surface area (TPSA) is 51.8 Å². The molecule has 0 saturated heterocycles. The zero-order chi connectivity index (χ0) is 14.1. The molecule has 2 aromatic heterocycles. The van der Waals surface area contributed by atoms with Crippen molar-refractivity contribution in [3.05, 3.63) is 50.9 Å². The summed E-state index contributed by atoms with van der Waals surface area (Å²) in [5.41, 5.74) is 9.18. The van der Waals surface area contributed by atoms with E-state index in [1.807, 2.05) is 35.7 Å². The van der Waals surface area contributed by atoms with Gasteiger partial charge in [0.25, 0.3) is 0 Å². The Balaban J connectivity index is 2.21. The van der Waals surface area contributed by atoms with Crippen molar-refractivity contribution in [1.82, 2.24) is 9.97 Å². The summed E-state index contributed by atoms with van der Waals surface area (Å²) < 4.78 is 0.895. The first-order valence-electron chi connectivity index (χ1n) is 6.09. The van der Waals surface area contributed by atoms with Gasteiger partial charge in [0.1, 0.15) is 5.82 Å². The molecule has 2 N–H and O–H groups in total. The predicted octanol–water partition coefficient (Wildman–Crippen LogP) is 4.37. The highest BCUT2D eigenvalue weighted by Crippen LogP contribution is 2.32. The second kappa shape index (κ2) is 5.49. The van der Waals surface area contributed by atoms with Gasteiger partial charge in [-0.1, -0.05) is 30.3 Å². The first-order chi connectivity index (χ1) is 9.66. The Labute approximate surface area is 135 Å². The molecule has 1 aromatic carbocycles. The minimum absolute atomic E-state index is 0.530. The van der Waals surface area contributed by atoms with Crippen molar-refractivity contribution >= 4 is 39.7 Å². The minimum atomic E-state index is 0.530. The van der Waals surface area contributed by atoms with E-state index in [4.69, 9.17) is 10.7 Å². The van der Waals surface area contributed by atoms with E-state index in [-0.39, 0.29) is 0 Å². The molecule has 20 heavy (non-hydrogen) atoms. The lowest BCUT2D eigenvalue weighted by Gasteiger charge is -2.09. The summed E-state index contributed by atoms with van der Waals surface area (Å²) in [4.78, 5) is 10.2. The van der Waals surface area contributed by atoms with Crippen molar-refractivity contribution in [1.29, 1.82) is 0 Å². The maximum Gasteiger partial charge on any atom is 0.172 e. The Bertz CT molecular complexity index is 753. The monoisotopic (exact) mass is 393 g/mol. The maximum atomic E-state index is 6.06. The highest BCUT2D eigenvalue weighted by molar-refractivity contribution is 14.1. The molecular formula is C15H12IN3S. The number of nitrogens with two attached hydrogens (primary N) is 1. The number of rotatable bonds is 2. The highest BCUT2D eigenvalue weighted by Gasteiger charge is 2.14. The van der Waals surface area contributed by atoms with E-state index in [0.717, 1.165) is 19.7 Å². The fraction of sp³-hybridized carbons (Fsp3) is 0.0667. The van der Waals surface area contributed by atoms with Crippen LogP contribution < -0.4 is 5.73 Å². The van der Waals surface area contributed by atoms with Gasteiger partial charge in [-0.15, -0.1) is 11.3 Å². The molecule has 0 radical (unpaired) electrons. The van der Waals surface area contributed by atoms with E-state index >= 15 is 0 Å². The van der Waals surface area contributed by atoms with Crippen molar-refractivity contribution in [2.45, 2.75) is 6.92 Å². The molecule has 3 aromatic rings. The summed E-state index contributed by atoms with van der Waals surface area (Å²) in [6, 6.07) is 12.1. The van der Waals surface area contributed by atoms with E-state index in [0.29, 0.717) is 11.6 Å². The minimum Gasteiger partial charge on any atom is -0.383 e. The number of aromatic nitrogens is 2. The molecule has 0 aliphatic rings. The Morgan fingerprint density at radius 1 is 1.10 bits per heavy atom.